The number of thiol groups is 1. The number of hydrogen-bond donors (Lipinski definition) is 3. The zero-order valence-corrected chi connectivity index (χ0v) is 20.4. The first-order valence-corrected chi connectivity index (χ1v) is 11.2. The van der Waals surface area contributed by atoms with E-state index in [2.05, 4.69) is 23.4 Å². The van der Waals surface area contributed by atoms with Gasteiger partial charge in [0.15, 0.2) is 0 Å². The Bertz CT molecular complexity index is 1220. The number of amides is 3. The van der Waals surface area contributed by atoms with E-state index in [4.69, 9.17) is 4.74 Å². The molecule has 3 amide bonds. The third kappa shape index (κ3) is 6.10. The molecule has 3 rings (SSSR count). The van der Waals surface area contributed by atoms with Gasteiger partial charge in [0.2, 0.25) is 0 Å². The van der Waals surface area contributed by atoms with Gasteiger partial charge in [-0.1, -0.05) is 75.2 Å². The summed E-state index contributed by atoms with van der Waals surface area (Å²) in [6, 6.07) is 18.2. The van der Waals surface area contributed by atoms with Crippen LogP contribution in [0.15, 0.2) is 72.8 Å². The van der Waals surface area contributed by atoms with Crippen LogP contribution < -0.4 is 15.4 Å². The van der Waals surface area contributed by atoms with Gasteiger partial charge in [0, 0.05) is 5.69 Å². The first-order chi connectivity index (χ1) is 16.7. The van der Waals surface area contributed by atoms with Crippen LogP contribution in [0, 0.1) is 10.1 Å². The van der Waals surface area contributed by atoms with E-state index in [9.17, 15) is 19.7 Å². The van der Waals surface area contributed by atoms with E-state index in [1.165, 1.54) is 25.3 Å². The summed E-state index contributed by atoms with van der Waals surface area (Å²) in [6.45, 7) is 4.03. The number of carbonyl (C=O) groups excluding carboxylic acids is 2. The Morgan fingerprint density at radius 3 is 2.26 bits per heavy atom. The number of urea groups is 1. The monoisotopic (exact) mass is 494 g/mol. The van der Waals surface area contributed by atoms with Gasteiger partial charge in [-0.25, -0.2) is 4.79 Å². The fourth-order valence-electron chi connectivity index (χ4n) is 3.54. The second-order valence-electron chi connectivity index (χ2n) is 7.96. The van der Waals surface area contributed by atoms with Crippen LogP contribution in [-0.2, 0) is 4.79 Å². The molecule has 0 bridgehead atoms. The Labute approximate surface area is 208 Å². The van der Waals surface area contributed by atoms with Crippen LogP contribution >= 0.6 is 12.8 Å². The number of anilines is 2. The summed E-state index contributed by atoms with van der Waals surface area (Å²) in [4.78, 5) is 37.4. The van der Waals surface area contributed by atoms with Crippen LogP contribution in [0.3, 0.4) is 0 Å². The van der Waals surface area contributed by atoms with E-state index >= 15 is 0 Å². The van der Waals surface area contributed by atoms with E-state index in [0.717, 1.165) is 9.87 Å². The highest BCUT2D eigenvalue weighted by Gasteiger charge is 2.31. The third-order valence-corrected chi connectivity index (χ3v) is 5.71. The molecule has 2 N–H and O–H groups in total. The molecule has 182 valence electrons. The van der Waals surface area contributed by atoms with E-state index in [1.807, 2.05) is 32.0 Å². The molecule has 9 nitrogen and oxygen atoms in total. The van der Waals surface area contributed by atoms with Crippen molar-refractivity contribution in [3.63, 3.8) is 0 Å². The average Bonchev–Trinajstić information content (AvgIpc) is 2.85. The molecule has 1 atom stereocenters. The fraction of sp³-hybridized carbons (Fsp3) is 0.200. The first-order valence-electron chi connectivity index (χ1n) is 10.8. The van der Waals surface area contributed by atoms with Gasteiger partial charge >= 0.3 is 6.03 Å². The number of ether oxygens (including phenoxy) is 1. The lowest BCUT2D eigenvalue weighted by atomic mass is 10.0. The minimum atomic E-state index is -1.13. The van der Waals surface area contributed by atoms with Crippen LogP contribution in [0.25, 0.3) is 0 Å². The van der Waals surface area contributed by atoms with Gasteiger partial charge in [-0.15, -0.1) is 0 Å². The van der Waals surface area contributed by atoms with Gasteiger partial charge < -0.3 is 15.4 Å². The van der Waals surface area contributed by atoms with E-state index in [-0.39, 0.29) is 23.0 Å². The van der Waals surface area contributed by atoms with Crippen molar-refractivity contribution in [3.05, 3.63) is 94.0 Å². The molecule has 35 heavy (non-hydrogen) atoms. The van der Waals surface area contributed by atoms with Crippen LogP contribution in [0.4, 0.5) is 21.9 Å². The minimum Gasteiger partial charge on any atom is -0.496 e. The van der Waals surface area contributed by atoms with Gasteiger partial charge in [0.25, 0.3) is 11.6 Å². The van der Waals surface area contributed by atoms with Crippen molar-refractivity contribution in [3.8, 4) is 5.75 Å². The molecule has 0 saturated heterocycles. The van der Waals surface area contributed by atoms with Gasteiger partial charge in [-0.2, -0.15) is 0 Å². The molecule has 0 fully saturated rings. The van der Waals surface area contributed by atoms with Crippen molar-refractivity contribution in [2.24, 2.45) is 0 Å². The molecule has 0 spiro atoms. The molecule has 0 aliphatic heterocycles. The maximum absolute atomic E-state index is 13.4. The molecule has 1 unspecified atom stereocenters. The van der Waals surface area contributed by atoms with Gasteiger partial charge in [0.1, 0.15) is 17.5 Å². The molecule has 0 saturated carbocycles. The zero-order valence-electron chi connectivity index (χ0n) is 19.5. The number of rotatable bonds is 8. The molecular formula is C25H26N4O5S. The molecule has 0 aliphatic carbocycles. The molecule has 3 aromatic rings. The van der Waals surface area contributed by atoms with Crippen LogP contribution in [0.5, 0.6) is 5.75 Å². The average molecular weight is 495 g/mol. The summed E-state index contributed by atoms with van der Waals surface area (Å²) < 4.78 is 5.94. The minimum absolute atomic E-state index is 0.0581. The van der Waals surface area contributed by atoms with Crippen molar-refractivity contribution < 1.29 is 19.2 Å². The Kier molecular flexibility index (Phi) is 8.32. The smallest absolute Gasteiger partial charge is 0.332 e. The van der Waals surface area contributed by atoms with Gasteiger partial charge in [-0.05, 0) is 35.2 Å². The SMILES string of the molecule is COc1ccc(NC(=O)N(S)C(C(=O)Nc2ccccc2C(C)C)c2ccccc2)c([N+](=O)[O-])c1. The Morgan fingerprint density at radius 1 is 0.971 bits per heavy atom. The van der Waals surface area contributed by atoms with Crippen molar-refractivity contribution in [1.29, 1.82) is 0 Å². The normalized spacial score (nSPS) is 11.5. The number of methoxy groups -OCH3 is 1. The summed E-state index contributed by atoms with van der Waals surface area (Å²) in [7, 11) is 1.38. The molecular weight excluding hydrogens is 468 g/mol. The molecule has 3 aromatic carbocycles. The number of carbonyl (C=O) groups is 2. The molecule has 0 aromatic heterocycles. The lowest BCUT2D eigenvalue weighted by molar-refractivity contribution is -0.384. The number of nitro benzene ring substituents is 1. The zero-order chi connectivity index (χ0) is 25.5. The molecule has 0 aliphatic rings. The molecule has 0 heterocycles. The maximum atomic E-state index is 13.4. The fourth-order valence-corrected chi connectivity index (χ4v) is 3.83. The number of para-hydroxylation sites is 1. The Balaban J connectivity index is 1.92. The standard InChI is InChI=1S/C25H26N4O5S/c1-16(2)19-11-7-8-12-20(19)26-24(30)23(17-9-5-4-6-10-17)28(35)25(31)27-21-14-13-18(34-3)15-22(21)29(32)33/h4-16,23,35H,1-3H3,(H,26,30)(H,27,31). The van der Waals surface area contributed by atoms with E-state index in [1.54, 1.807) is 36.4 Å². The Hall–Kier alpha value is -4.05. The number of hydrogen-bond acceptors (Lipinski definition) is 6. The van der Waals surface area contributed by atoms with Crippen LogP contribution in [0.2, 0.25) is 0 Å². The number of nitrogens with one attached hydrogen (secondary N) is 2. The van der Waals surface area contributed by atoms with Crippen LogP contribution in [0.1, 0.15) is 36.9 Å². The number of nitro groups is 1. The second-order valence-corrected chi connectivity index (χ2v) is 8.39. The topological polar surface area (TPSA) is 114 Å². The predicted molar refractivity (Wildman–Crippen MR) is 138 cm³/mol. The predicted octanol–water partition coefficient (Wildman–Crippen LogP) is 5.79. The maximum Gasteiger partial charge on any atom is 0.332 e. The summed E-state index contributed by atoms with van der Waals surface area (Å²) in [5, 5.41) is 16.9. The lowest BCUT2D eigenvalue weighted by Crippen LogP contribution is -2.38. The largest absolute Gasteiger partial charge is 0.496 e. The molecule has 0 radical (unpaired) electrons. The highest BCUT2D eigenvalue weighted by atomic mass is 32.1. The van der Waals surface area contributed by atoms with Crippen LogP contribution in [-0.4, -0.2) is 28.3 Å². The van der Waals surface area contributed by atoms with Gasteiger partial charge in [-0.3, -0.25) is 19.2 Å². The lowest BCUT2D eigenvalue weighted by Gasteiger charge is -2.27. The van der Waals surface area contributed by atoms with Crippen molar-refractivity contribution in [2.45, 2.75) is 25.8 Å². The number of benzene rings is 3. The van der Waals surface area contributed by atoms with Crippen molar-refractivity contribution >= 4 is 41.8 Å². The van der Waals surface area contributed by atoms with Crippen molar-refractivity contribution in [2.75, 3.05) is 17.7 Å². The van der Waals surface area contributed by atoms with Crippen molar-refractivity contribution in [1.82, 2.24) is 4.31 Å². The van der Waals surface area contributed by atoms with E-state index in [0.29, 0.717) is 11.3 Å². The summed E-state index contributed by atoms with van der Waals surface area (Å²) in [6.07, 6.45) is 0. The highest BCUT2D eigenvalue weighted by molar-refractivity contribution is 7.78. The third-order valence-electron chi connectivity index (χ3n) is 5.30. The van der Waals surface area contributed by atoms with E-state index < -0.39 is 22.9 Å². The molecule has 10 heteroatoms. The van der Waals surface area contributed by atoms with Gasteiger partial charge in [0.05, 0.1) is 18.1 Å². The second kappa shape index (κ2) is 11.4. The quantitative estimate of drug-likeness (QED) is 0.208. The highest BCUT2D eigenvalue weighted by Crippen LogP contribution is 2.32. The number of nitrogens with zero attached hydrogens (tertiary/aromatic N) is 2. The summed E-state index contributed by atoms with van der Waals surface area (Å²) >= 11 is 4.32. The first kappa shape index (κ1) is 25.6. The summed E-state index contributed by atoms with van der Waals surface area (Å²) in [5.74, 6) is -0.0610. The summed E-state index contributed by atoms with van der Waals surface area (Å²) in [5.41, 5.74) is 1.67. The Morgan fingerprint density at radius 2 is 1.63 bits per heavy atom.